The van der Waals surface area contributed by atoms with Gasteiger partial charge in [-0.25, -0.2) is 31.9 Å². The SMILES string of the molecule is N#Cc1c(-c2ncc(S(=O)(=O)NC(CF)CF)cn2)n(C2CCCC2)c2cc(OC(F)(F)F)ccc12. The Morgan fingerprint density at radius 3 is 2.36 bits per heavy atom. The standard InChI is InChI=1S/C22H20F5N5O3S/c23-8-13(9-24)31-36(33,34)16-11-29-21(30-12-16)20-18(10-28)17-6-5-15(35-22(25,26)27)7-19(17)32(20)14-3-1-2-4-14/h5-7,11-14,31H,1-4,8-9H2. The van der Waals surface area contributed by atoms with Gasteiger partial charge in [0, 0.05) is 17.5 Å². The van der Waals surface area contributed by atoms with E-state index in [1.807, 2.05) is 4.72 Å². The molecule has 0 spiro atoms. The molecule has 1 saturated carbocycles. The van der Waals surface area contributed by atoms with Gasteiger partial charge in [-0.15, -0.1) is 13.2 Å². The first-order chi connectivity index (χ1) is 17.1. The second-order valence-electron chi connectivity index (χ2n) is 8.24. The predicted molar refractivity (Wildman–Crippen MR) is 118 cm³/mol. The van der Waals surface area contributed by atoms with Crippen molar-refractivity contribution in [1.82, 2.24) is 19.3 Å². The van der Waals surface area contributed by atoms with Crippen LogP contribution in [0.3, 0.4) is 0 Å². The fraction of sp³-hybridized carbons (Fsp3) is 0.409. The molecule has 4 rings (SSSR count). The zero-order valence-corrected chi connectivity index (χ0v) is 19.4. The van der Waals surface area contributed by atoms with Crippen LogP contribution >= 0.6 is 0 Å². The van der Waals surface area contributed by atoms with E-state index in [1.165, 1.54) is 12.1 Å². The second-order valence-corrected chi connectivity index (χ2v) is 9.95. The fourth-order valence-corrected chi connectivity index (χ4v) is 5.41. The van der Waals surface area contributed by atoms with E-state index >= 15 is 0 Å². The smallest absolute Gasteiger partial charge is 0.406 e. The van der Waals surface area contributed by atoms with E-state index in [4.69, 9.17) is 0 Å². The quantitative estimate of drug-likeness (QED) is 0.428. The van der Waals surface area contributed by atoms with Gasteiger partial charge in [0.05, 0.1) is 29.5 Å². The van der Waals surface area contributed by atoms with Crippen molar-refractivity contribution in [2.75, 3.05) is 13.3 Å². The van der Waals surface area contributed by atoms with Crippen LogP contribution in [-0.2, 0) is 10.0 Å². The first kappa shape index (κ1) is 25.8. The highest BCUT2D eigenvalue weighted by molar-refractivity contribution is 7.89. The van der Waals surface area contributed by atoms with Crippen molar-refractivity contribution in [2.24, 2.45) is 0 Å². The molecule has 2 aromatic heterocycles. The van der Waals surface area contributed by atoms with E-state index in [2.05, 4.69) is 20.8 Å². The van der Waals surface area contributed by atoms with Crippen LogP contribution in [0.5, 0.6) is 5.75 Å². The van der Waals surface area contributed by atoms with Gasteiger partial charge < -0.3 is 9.30 Å². The minimum atomic E-state index is -4.90. The summed E-state index contributed by atoms with van der Waals surface area (Å²) in [6.07, 6.45) is 0.132. The molecule has 3 aromatic rings. The Balaban J connectivity index is 1.84. The van der Waals surface area contributed by atoms with Crippen LogP contribution in [0, 0.1) is 11.3 Å². The maximum absolute atomic E-state index is 12.8. The van der Waals surface area contributed by atoms with E-state index < -0.39 is 46.4 Å². The molecule has 1 aliphatic rings. The monoisotopic (exact) mass is 529 g/mol. The summed E-state index contributed by atoms with van der Waals surface area (Å²) < 4.78 is 96.5. The molecule has 1 N–H and O–H groups in total. The van der Waals surface area contributed by atoms with Gasteiger partial charge in [-0.05, 0) is 25.0 Å². The Morgan fingerprint density at radius 2 is 1.81 bits per heavy atom. The van der Waals surface area contributed by atoms with Crippen LogP contribution in [-0.4, -0.2) is 48.7 Å². The first-order valence-corrected chi connectivity index (χ1v) is 12.4. The number of sulfonamides is 1. The largest absolute Gasteiger partial charge is 0.573 e. The van der Waals surface area contributed by atoms with Crippen molar-refractivity contribution >= 4 is 20.9 Å². The summed E-state index contributed by atoms with van der Waals surface area (Å²) in [5, 5.41) is 10.3. The van der Waals surface area contributed by atoms with Gasteiger partial charge >= 0.3 is 6.36 Å². The molecule has 192 valence electrons. The molecule has 0 radical (unpaired) electrons. The van der Waals surface area contributed by atoms with Crippen LogP contribution in [0.2, 0.25) is 0 Å². The molecule has 36 heavy (non-hydrogen) atoms. The van der Waals surface area contributed by atoms with Crippen molar-refractivity contribution in [3.8, 4) is 23.3 Å². The van der Waals surface area contributed by atoms with Crippen LogP contribution in [0.4, 0.5) is 22.0 Å². The van der Waals surface area contributed by atoms with Gasteiger partial charge in [-0.2, -0.15) is 5.26 Å². The Labute approximate surface area is 202 Å². The number of alkyl halides is 5. The number of ether oxygens (including phenoxy) is 1. The number of fused-ring (bicyclic) bond motifs is 1. The van der Waals surface area contributed by atoms with Gasteiger partial charge in [0.15, 0.2) is 5.82 Å². The Morgan fingerprint density at radius 1 is 1.17 bits per heavy atom. The summed E-state index contributed by atoms with van der Waals surface area (Å²) in [5.74, 6) is -0.481. The molecule has 14 heteroatoms. The first-order valence-electron chi connectivity index (χ1n) is 10.9. The lowest BCUT2D eigenvalue weighted by molar-refractivity contribution is -0.274. The molecule has 2 heterocycles. The molecule has 0 saturated heterocycles. The summed E-state index contributed by atoms with van der Waals surface area (Å²) >= 11 is 0. The molecule has 1 aliphatic carbocycles. The average Bonchev–Trinajstić information content (AvgIpc) is 3.47. The third kappa shape index (κ3) is 5.12. The summed E-state index contributed by atoms with van der Waals surface area (Å²) in [7, 11) is -4.32. The molecular formula is C22H20F5N5O3S. The summed E-state index contributed by atoms with van der Waals surface area (Å²) in [5.41, 5.74) is 0.663. The highest BCUT2D eigenvalue weighted by Crippen LogP contribution is 2.41. The Bertz CT molecular complexity index is 1390. The number of benzene rings is 1. The third-order valence-electron chi connectivity index (χ3n) is 5.86. The van der Waals surface area contributed by atoms with Gasteiger partial charge in [0.1, 0.15) is 35.8 Å². The molecular weight excluding hydrogens is 509 g/mol. The van der Waals surface area contributed by atoms with E-state index in [9.17, 15) is 35.6 Å². The third-order valence-corrected chi connectivity index (χ3v) is 7.33. The van der Waals surface area contributed by atoms with Crippen LogP contribution in [0.25, 0.3) is 22.4 Å². The van der Waals surface area contributed by atoms with Gasteiger partial charge in [-0.3, -0.25) is 0 Å². The number of aromatic nitrogens is 3. The molecule has 1 fully saturated rings. The van der Waals surface area contributed by atoms with Gasteiger partial charge in [-0.1, -0.05) is 12.8 Å². The molecule has 0 bridgehead atoms. The van der Waals surface area contributed by atoms with Crippen molar-refractivity contribution in [2.45, 2.75) is 49.0 Å². The Hall–Kier alpha value is -3.31. The normalized spacial score (nSPS) is 15.0. The molecule has 1 aromatic carbocycles. The van der Waals surface area contributed by atoms with E-state index in [0.717, 1.165) is 31.3 Å². The van der Waals surface area contributed by atoms with Gasteiger partial charge in [0.25, 0.3) is 0 Å². The lowest BCUT2D eigenvalue weighted by Crippen LogP contribution is -2.38. The van der Waals surface area contributed by atoms with E-state index in [1.54, 1.807) is 4.57 Å². The van der Waals surface area contributed by atoms with Crippen LogP contribution in [0.15, 0.2) is 35.5 Å². The number of nitriles is 1. The summed E-state index contributed by atoms with van der Waals surface area (Å²) in [4.78, 5) is 7.74. The molecule has 8 nitrogen and oxygen atoms in total. The van der Waals surface area contributed by atoms with Crippen molar-refractivity contribution in [1.29, 1.82) is 5.26 Å². The maximum atomic E-state index is 12.8. The zero-order chi connectivity index (χ0) is 26.1. The Kier molecular flexibility index (Phi) is 7.14. The topological polar surface area (TPSA) is 110 Å². The number of hydrogen-bond acceptors (Lipinski definition) is 6. The average molecular weight is 529 g/mol. The predicted octanol–water partition coefficient (Wildman–Crippen LogP) is 4.57. The van der Waals surface area contributed by atoms with Crippen LogP contribution < -0.4 is 9.46 Å². The second kappa shape index (κ2) is 9.98. The summed E-state index contributed by atoms with van der Waals surface area (Å²) in [6, 6.07) is 3.99. The number of nitrogens with one attached hydrogen (secondary N) is 1. The highest BCUT2D eigenvalue weighted by Gasteiger charge is 2.33. The molecule has 0 unspecified atom stereocenters. The molecule has 0 amide bonds. The number of hydrogen-bond donors (Lipinski definition) is 1. The molecule has 0 aliphatic heterocycles. The summed E-state index contributed by atoms with van der Waals surface area (Å²) in [6.45, 7) is -2.50. The van der Waals surface area contributed by atoms with E-state index in [-0.39, 0.29) is 23.1 Å². The highest BCUT2D eigenvalue weighted by atomic mass is 32.2. The van der Waals surface area contributed by atoms with Crippen molar-refractivity contribution in [3.63, 3.8) is 0 Å². The number of rotatable bonds is 8. The van der Waals surface area contributed by atoms with Gasteiger partial charge in [0.2, 0.25) is 10.0 Å². The van der Waals surface area contributed by atoms with Crippen molar-refractivity contribution in [3.05, 3.63) is 36.2 Å². The molecule has 0 atom stereocenters. The van der Waals surface area contributed by atoms with E-state index in [0.29, 0.717) is 23.7 Å². The minimum absolute atomic E-state index is 0.0283. The number of halogens is 5. The fourth-order valence-electron chi connectivity index (χ4n) is 4.33. The zero-order valence-electron chi connectivity index (χ0n) is 18.6. The lowest BCUT2D eigenvalue weighted by Gasteiger charge is -2.18. The van der Waals surface area contributed by atoms with Crippen molar-refractivity contribution < 1.29 is 35.1 Å². The minimum Gasteiger partial charge on any atom is -0.406 e. The lowest BCUT2D eigenvalue weighted by atomic mass is 10.1. The number of nitrogens with zero attached hydrogens (tertiary/aromatic N) is 4. The maximum Gasteiger partial charge on any atom is 0.573 e. The van der Waals surface area contributed by atoms with Crippen LogP contribution in [0.1, 0.15) is 37.3 Å².